The minimum absolute atomic E-state index is 0.00692. The third kappa shape index (κ3) is 4.07. The van der Waals surface area contributed by atoms with E-state index in [2.05, 4.69) is 23.7 Å². The molecule has 3 fully saturated rings. The van der Waals surface area contributed by atoms with Crippen molar-refractivity contribution in [1.29, 1.82) is 0 Å². The average molecular weight is 313 g/mol. The molecule has 3 aliphatic heterocycles. The van der Waals surface area contributed by atoms with E-state index in [9.17, 15) is 5.11 Å². The lowest BCUT2D eigenvalue weighted by molar-refractivity contribution is -0.0500. The van der Waals surface area contributed by atoms with Crippen LogP contribution in [0.15, 0.2) is 24.3 Å². The normalized spacial score (nSPS) is 29.0. The van der Waals surface area contributed by atoms with E-state index < -0.39 is 0 Å². The molecule has 0 aromatic heterocycles. The van der Waals surface area contributed by atoms with Gasteiger partial charge < -0.3 is 9.84 Å². The summed E-state index contributed by atoms with van der Waals surface area (Å²) in [5, 5.41) is 10.4. The minimum atomic E-state index is -0.286. The van der Waals surface area contributed by atoms with Crippen LogP contribution in [0, 0.1) is 17.8 Å². The SMILES string of the molecule is CCCCCOc1ccc(C#CC2C(O)C3CCN2CC3)cc1. The van der Waals surface area contributed by atoms with Crippen LogP contribution in [0.3, 0.4) is 0 Å². The fourth-order valence-corrected chi connectivity index (χ4v) is 3.52. The predicted octanol–water partition coefficient (Wildman–Crippen LogP) is 3.06. The van der Waals surface area contributed by atoms with Crippen molar-refractivity contribution in [2.24, 2.45) is 5.92 Å². The average Bonchev–Trinajstić information content (AvgIpc) is 2.60. The Hall–Kier alpha value is -1.50. The zero-order valence-electron chi connectivity index (χ0n) is 14.0. The summed E-state index contributed by atoms with van der Waals surface area (Å²) >= 11 is 0. The second-order valence-corrected chi connectivity index (χ2v) is 6.66. The van der Waals surface area contributed by atoms with Gasteiger partial charge in [-0.25, -0.2) is 0 Å². The van der Waals surface area contributed by atoms with E-state index in [1.807, 2.05) is 24.3 Å². The quantitative estimate of drug-likeness (QED) is 0.670. The lowest BCUT2D eigenvalue weighted by Gasteiger charge is -2.46. The molecule has 3 aliphatic rings. The summed E-state index contributed by atoms with van der Waals surface area (Å²) in [4.78, 5) is 2.32. The molecule has 0 radical (unpaired) electrons. The van der Waals surface area contributed by atoms with E-state index in [0.717, 1.165) is 50.3 Å². The van der Waals surface area contributed by atoms with Gasteiger partial charge in [0, 0.05) is 5.56 Å². The predicted molar refractivity (Wildman–Crippen MR) is 92.4 cm³/mol. The van der Waals surface area contributed by atoms with Crippen molar-refractivity contribution in [2.45, 2.75) is 51.2 Å². The number of hydrogen-bond donors (Lipinski definition) is 1. The second-order valence-electron chi connectivity index (χ2n) is 6.66. The van der Waals surface area contributed by atoms with E-state index in [-0.39, 0.29) is 12.1 Å². The van der Waals surface area contributed by atoms with Crippen LogP contribution >= 0.6 is 0 Å². The van der Waals surface area contributed by atoms with Crippen LogP contribution in [0.4, 0.5) is 0 Å². The largest absolute Gasteiger partial charge is 0.494 e. The van der Waals surface area contributed by atoms with Crippen molar-refractivity contribution < 1.29 is 9.84 Å². The summed E-state index contributed by atoms with van der Waals surface area (Å²) in [6.07, 6.45) is 5.47. The van der Waals surface area contributed by atoms with E-state index in [0.29, 0.717) is 5.92 Å². The van der Waals surface area contributed by atoms with Crippen molar-refractivity contribution >= 4 is 0 Å². The maximum Gasteiger partial charge on any atom is 0.119 e. The first-order chi connectivity index (χ1) is 11.3. The lowest BCUT2D eigenvalue weighted by Crippen LogP contribution is -2.57. The molecule has 2 bridgehead atoms. The summed E-state index contributed by atoms with van der Waals surface area (Å²) in [5.74, 6) is 7.86. The maximum atomic E-state index is 10.4. The topological polar surface area (TPSA) is 32.7 Å². The third-order valence-corrected chi connectivity index (χ3v) is 5.01. The zero-order chi connectivity index (χ0) is 16.1. The molecule has 4 rings (SSSR count). The Morgan fingerprint density at radius 2 is 1.91 bits per heavy atom. The molecule has 3 heterocycles. The minimum Gasteiger partial charge on any atom is -0.494 e. The number of fused-ring (bicyclic) bond motifs is 3. The molecule has 0 amide bonds. The first-order valence-electron chi connectivity index (χ1n) is 8.94. The van der Waals surface area contributed by atoms with Gasteiger partial charge in [-0.2, -0.15) is 0 Å². The Labute approximate surface area is 139 Å². The summed E-state index contributed by atoms with van der Waals surface area (Å²) in [6.45, 7) is 5.12. The fraction of sp³-hybridized carbons (Fsp3) is 0.600. The number of nitrogens with zero attached hydrogens (tertiary/aromatic N) is 1. The zero-order valence-corrected chi connectivity index (χ0v) is 14.0. The molecule has 0 aliphatic carbocycles. The van der Waals surface area contributed by atoms with Crippen LogP contribution < -0.4 is 4.74 Å². The maximum absolute atomic E-state index is 10.4. The Bertz CT molecular complexity index is 547. The summed E-state index contributed by atoms with van der Waals surface area (Å²) in [5.41, 5.74) is 0.987. The summed E-state index contributed by atoms with van der Waals surface area (Å²) in [7, 11) is 0. The number of ether oxygens (including phenoxy) is 1. The number of rotatable bonds is 5. The van der Waals surface area contributed by atoms with Crippen molar-refractivity contribution in [3.63, 3.8) is 0 Å². The highest BCUT2D eigenvalue weighted by molar-refractivity contribution is 5.39. The van der Waals surface area contributed by atoms with E-state index in [1.54, 1.807) is 0 Å². The van der Waals surface area contributed by atoms with Gasteiger partial charge in [-0.05, 0) is 62.5 Å². The monoisotopic (exact) mass is 313 g/mol. The highest BCUT2D eigenvalue weighted by Crippen LogP contribution is 2.31. The van der Waals surface area contributed by atoms with Crippen molar-refractivity contribution in [1.82, 2.24) is 4.90 Å². The van der Waals surface area contributed by atoms with Gasteiger partial charge in [0.05, 0.1) is 18.8 Å². The van der Waals surface area contributed by atoms with Crippen LogP contribution in [0.25, 0.3) is 0 Å². The summed E-state index contributed by atoms with van der Waals surface area (Å²) in [6, 6.07) is 7.99. The van der Waals surface area contributed by atoms with Crippen LogP contribution in [0.5, 0.6) is 5.75 Å². The fourth-order valence-electron chi connectivity index (χ4n) is 3.52. The van der Waals surface area contributed by atoms with Crippen molar-refractivity contribution in [3.8, 4) is 17.6 Å². The highest BCUT2D eigenvalue weighted by Gasteiger charge is 2.40. The molecular weight excluding hydrogens is 286 g/mol. The molecular formula is C20H27NO2. The standard InChI is InChI=1S/C20H27NO2/c1-2-3-4-15-23-18-8-5-16(6-9-18)7-10-19-20(22)17-11-13-21(19)14-12-17/h5-6,8-9,17,19-20,22H,2-4,11-15H2,1H3. The number of unbranched alkanes of at least 4 members (excludes halogenated alkanes) is 2. The molecule has 1 aromatic carbocycles. The van der Waals surface area contributed by atoms with Crippen LogP contribution in [0.1, 0.15) is 44.6 Å². The second kappa shape index (κ2) is 7.86. The van der Waals surface area contributed by atoms with Crippen molar-refractivity contribution in [2.75, 3.05) is 19.7 Å². The number of benzene rings is 1. The number of aliphatic hydroxyl groups is 1. The first-order valence-corrected chi connectivity index (χ1v) is 8.94. The van der Waals surface area contributed by atoms with E-state index in [4.69, 9.17) is 4.74 Å². The first kappa shape index (κ1) is 16.4. The van der Waals surface area contributed by atoms with Gasteiger partial charge in [0.25, 0.3) is 0 Å². The molecule has 2 atom stereocenters. The van der Waals surface area contributed by atoms with Crippen LogP contribution in [0.2, 0.25) is 0 Å². The molecule has 3 heteroatoms. The molecule has 3 nitrogen and oxygen atoms in total. The molecule has 1 aromatic rings. The number of aliphatic hydroxyl groups excluding tert-OH is 1. The molecule has 0 saturated carbocycles. The molecule has 3 saturated heterocycles. The molecule has 23 heavy (non-hydrogen) atoms. The molecule has 0 spiro atoms. The van der Waals surface area contributed by atoms with Crippen LogP contribution in [-0.4, -0.2) is 41.8 Å². The molecule has 124 valence electrons. The Kier molecular flexibility index (Phi) is 5.59. The number of piperidine rings is 3. The van der Waals surface area contributed by atoms with Gasteiger partial charge in [-0.3, -0.25) is 4.90 Å². The molecule has 1 N–H and O–H groups in total. The Morgan fingerprint density at radius 3 is 2.57 bits per heavy atom. The number of hydrogen-bond acceptors (Lipinski definition) is 3. The Balaban J connectivity index is 1.56. The molecule has 2 unspecified atom stereocenters. The van der Waals surface area contributed by atoms with Gasteiger partial charge in [0.2, 0.25) is 0 Å². The van der Waals surface area contributed by atoms with E-state index >= 15 is 0 Å². The van der Waals surface area contributed by atoms with Gasteiger partial charge >= 0.3 is 0 Å². The van der Waals surface area contributed by atoms with Crippen molar-refractivity contribution in [3.05, 3.63) is 29.8 Å². The van der Waals surface area contributed by atoms with Gasteiger partial charge in [-0.15, -0.1) is 0 Å². The smallest absolute Gasteiger partial charge is 0.119 e. The van der Waals surface area contributed by atoms with Crippen LogP contribution in [-0.2, 0) is 0 Å². The van der Waals surface area contributed by atoms with Gasteiger partial charge in [0.15, 0.2) is 0 Å². The third-order valence-electron chi connectivity index (χ3n) is 5.01. The highest BCUT2D eigenvalue weighted by atomic mass is 16.5. The summed E-state index contributed by atoms with van der Waals surface area (Å²) < 4.78 is 5.72. The lowest BCUT2D eigenvalue weighted by atomic mass is 9.81. The van der Waals surface area contributed by atoms with Gasteiger partial charge in [-0.1, -0.05) is 31.6 Å². The van der Waals surface area contributed by atoms with Gasteiger partial charge in [0.1, 0.15) is 5.75 Å². The Morgan fingerprint density at radius 1 is 1.17 bits per heavy atom. The van der Waals surface area contributed by atoms with E-state index in [1.165, 1.54) is 12.8 Å².